The standard InChI is InChI=1S/C4H3Cl2N3O/c5-3(6)2(1-7)9-4(8)10/h(H3,8,9,10). The quantitative estimate of drug-likeness (QED) is 0.586. The van der Waals surface area contributed by atoms with Crippen molar-refractivity contribution in [2.75, 3.05) is 0 Å². The maximum atomic E-state index is 10.1. The van der Waals surface area contributed by atoms with Gasteiger partial charge in [0.2, 0.25) is 0 Å². The summed E-state index contributed by atoms with van der Waals surface area (Å²) in [4.78, 5) is 10.1. The van der Waals surface area contributed by atoms with Crippen LogP contribution in [-0.4, -0.2) is 6.03 Å². The molecule has 0 aliphatic rings. The summed E-state index contributed by atoms with van der Waals surface area (Å²) < 4.78 is -0.318. The highest BCUT2D eigenvalue weighted by molar-refractivity contribution is 6.56. The average Bonchev–Trinajstić information content (AvgIpc) is 1.81. The maximum Gasteiger partial charge on any atom is 0.317 e. The minimum atomic E-state index is -0.879. The molecule has 0 bridgehead atoms. The summed E-state index contributed by atoms with van der Waals surface area (Å²) in [5, 5.41) is 10.1. The molecule has 0 fully saturated rings. The highest BCUT2D eigenvalue weighted by Gasteiger charge is 2.02. The number of nitrogens with two attached hydrogens (primary N) is 1. The number of amides is 2. The van der Waals surface area contributed by atoms with Gasteiger partial charge in [-0.25, -0.2) is 4.79 Å². The SMILES string of the molecule is N#CC(NC(N)=O)=C(Cl)Cl. The highest BCUT2D eigenvalue weighted by atomic mass is 35.5. The topological polar surface area (TPSA) is 78.9 Å². The first-order valence-corrected chi connectivity index (χ1v) is 2.85. The number of urea groups is 1. The predicted octanol–water partition coefficient (Wildman–Crippen LogP) is 0.825. The van der Waals surface area contributed by atoms with Crippen LogP contribution in [0, 0.1) is 11.3 Å². The van der Waals surface area contributed by atoms with Crippen LogP contribution in [0.3, 0.4) is 0 Å². The van der Waals surface area contributed by atoms with Crippen molar-refractivity contribution in [2.24, 2.45) is 5.73 Å². The second kappa shape index (κ2) is 3.99. The normalized spacial score (nSPS) is 7.70. The first kappa shape index (κ1) is 9.08. The van der Waals surface area contributed by atoms with Crippen LogP contribution < -0.4 is 11.1 Å². The van der Waals surface area contributed by atoms with Gasteiger partial charge in [0.1, 0.15) is 10.6 Å². The van der Waals surface area contributed by atoms with E-state index in [0.717, 1.165) is 0 Å². The molecule has 4 nitrogen and oxygen atoms in total. The number of hydrogen-bond acceptors (Lipinski definition) is 2. The number of carbonyl (C=O) groups is 1. The molecule has 0 atom stereocenters. The lowest BCUT2D eigenvalue weighted by molar-refractivity contribution is 0.251. The number of hydrogen-bond donors (Lipinski definition) is 2. The molecule has 0 aromatic rings. The van der Waals surface area contributed by atoms with Crippen LogP contribution in [0.5, 0.6) is 0 Å². The summed E-state index contributed by atoms with van der Waals surface area (Å²) in [5.74, 6) is 0. The third kappa shape index (κ3) is 3.17. The van der Waals surface area contributed by atoms with Crippen LogP contribution in [0.1, 0.15) is 0 Å². The lowest BCUT2D eigenvalue weighted by atomic mass is 10.5. The number of primary amides is 1. The Kier molecular flexibility index (Phi) is 3.62. The van der Waals surface area contributed by atoms with Crippen molar-refractivity contribution in [3.63, 3.8) is 0 Å². The molecule has 2 amide bonds. The van der Waals surface area contributed by atoms with Gasteiger partial charge in [0.15, 0.2) is 5.70 Å². The molecule has 0 saturated carbocycles. The fraction of sp³-hybridized carbons (Fsp3) is 0. The number of carbonyl (C=O) groups excluding carboxylic acids is 1. The monoisotopic (exact) mass is 179 g/mol. The molecule has 0 aromatic carbocycles. The third-order valence-electron chi connectivity index (χ3n) is 0.549. The second-order valence-electron chi connectivity index (χ2n) is 1.24. The smallest absolute Gasteiger partial charge is 0.317 e. The van der Waals surface area contributed by atoms with Gasteiger partial charge in [-0.3, -0.25) is 5.32 Å². The van der Waals surface area contributed by atoms with Gasteiger partial charge in [-0.05, 0) is 0 Å². The zero-order valence-corrected chi connectivity index (χ0v) is 6.20. The summed E-state index contributed by atoms with van der Waals surface area (Å²) in [6, 6.07) is 0.657. The summed E-state index contributed by atoms with van der Waals surface area (Å²) >= 11 is 10.3. The molecule has 0 aliphatic carbocycles. The number of allylic oxidation sites excluding steroid dienone is 1. The molecule has 10 heavy (non-hydrogen) atoms. The number of nitriles is 1. The molecule has 0 aromatic heterocycles. The molecule has 0 spiro atoms. The van der Waals surface area contributed by atoms with E-state index < -0.39 is 6.03 Å². The maximum absolute atomic E-state index is 10.1. The van der Waals surface area contributed by atoms with Gasteiger partial charge in [0, 0.05) is 0 Å². The van der Waals surface area contributed by atoms with E-state index in [9.17, 15) is 4.79 Å². The van der Waals surface area contributed by atoms with E-state index in [4.69, 9.17) is 28.5 Å². The highest BCUT2D eigenvalue weighted by Crippen LogP contribution is 2.10. The molecule has 0 saturated heterocycles. The summed E-state index contributed by atoms with van der Waals surface area (Å²) in [6.45, 7) is 0. The Morgan fingerprint density at radius 3 is 2.20 bits per heavy atom. The van der Waals surface area contributed by atoms with Gasteiger partial charge in [-0.1, -0.05) is 23.2 Å². The van der Waals surface area contributed by atoms with Crippen molar-refractivity contribution < 1.29 is 4.79 Å². The van der Waals surface area contributed by atoms with Crippen LogP contribution >= 0.6 is 23.2 Å². The van der Waals surface area contributed by atoms with E-state index in [2.05, 4.69) is 5.73 Å². The Labute approximate surface area is 67.2 Å². The predicted molar refractivity (Wildman–Crippen MR) is 37.1 cm³/mol. The van der Waals surface area contributed by atoms with Crippen molar-refractivity contribution >= 4 is 29.2 Å². The van der Waals surface area contributed by atoms with E-state index in [1.54, 1.807) is 0 Å². The molecular weight excluding hydrogens is 177 g/mol. The van der Waals surface area contributed by atoms with Gasteiger partial charge >= 0.3 is 6.03 Å². The van der Waals surface area contributed by atoms with E-state index in [0.29, 0.717) is 0 Å². The fourth-order valence-corrected chi connectivity index (χ4v) is 0.420. The third-order valence-corrected chi connectivity index (χ3v) is 0.927. The fourth-order valence-electron chi connectivity index (χ4n) is 0.241. The Bertz CT molecular complexity index is 213. The molecule has 0 heterocycles. The second-order valence-corrected chi connectivity index (χ2v) is 2.19. The molecule has 0 aliphatic heterocycles. The molecule has 3 N–H and O–H groups in total. The van der Waals surface area contributed by atoms with Crippen molar-refractivity contribution in [1.82, 2.24) is 5.32 Å². The average molecular weight is 180 g/mol. The van der Waals surface area contributed by atoms with Gasteiger partial charge in [0.25, 0.3) is 0 Å². The lowest BCUT2D eigenvalue weighted by Crippen LogP contribution is -2.28. The van der Waals surface area contributed by atoms with E-state index >= 15 is 0 Å². The summed E-state index contributed by atoms with van der Waals surface area (Å²) in [5.41, 5.74) is 4.40. The van der Waals surface area contributed by atoms with Crippen molar-refractivity contribution in [2.45, 2.75) is 0 Å². The van der Waals surface area contributed by atoms with E-state index in [1.165, 1.54) is 6.07 Å². The number of nitrogens with zero attached hydrogens (tertiary/aromatic N) is 1. The van der Waals surface area contributed by atoms with Crippen molar-refractivity contribution in [3.05, 3.63) is 10.2 Å². The first-order valence-electron chi connectivity index (χ1n) is 2.09. The molecule has 0 radical (unpaired) electrons. The van der Waals surface area contributed by atoms with Gasteiger partial charge < -0.3 is 5.73 Å². The minimum Gasteiger partial charge on any atom is -0.351 e. The van der Waals surface area contributed by atoms with Crippen LogP contribution in [0.4, 0.5) is 4.79 Å². The Morgan fingerprint density at radius 2 is 2.10 bits per heavy atom. The van der Waals surface area contributed by atoms with E-state index in [1.807, 2.05) is 5.32 Å². The Morgan fingerprint density at radius 1 is 1.60 bits per heavy atom. The molecular formula is C4H3Cl2N3O. The van der Waals surface area contributed by atoms with Crippen LogP contribution in [0.15, 0.2) is 10.2 Å². The van der Waals surface area contributed by atoms with E-state index in [-0.39, 0.29) is 10.2 Å². The summed E-state index contributed by atoms with van der Waals surface area (Å²) in [6.07, 6.45) is 0. The van der Waals surface area contributed by atoms with Gasteiger partial charge in [0.05, 0.1) is 0 Å². The number of halogens is 2. The first-order chi connectivity index (χ1) is 4.57. The van der Waals surface area contributed by atoms with Crippen LogP contribution in [0.2, 0.25) is 0 Å². The van der Waals surface area contributed by atoms with Crippen LogP contribution in [-0.2, 0) is 0 Å². The zero-order chi connectivity index (χ0) is 8.15. The largest absolute Gasteiger partial charge is 0.351 e. The van der Waals surface area contributed by atoms with Crippen LogP contribution in [0.25, 0.3) is 0 Å². The molecule has 54 valence electrons. The number of nitrogens with one attached hydrogen (secondary N) is 1. The Balaban J connectivity index is 4.30. The van der Waals surface area contributed by atoms with Gasteiger partial charge in [-0.15, -0.1) is 0 Å². The van der Waals surface area contributed by atoms with Gasteiger partial charge in [-0.2, -0.15) is 5.26 Å². The molecule has 0 unspecified atom stereocenters. The van der Waals surface area contributed by atoms with Crippen molar-refractivity contribution in [1.29, 1.82) is 5.26 Å². The lowest BCUT2D eigenvalue weighted by Gasteiger charge is -1.95. The molecule has 0 rings (SSSR count). The van der Waals surface area contributed by atoms with Crippen molar-refractivity contribution in [3.8, 4) is 6.07 Å². The summed E-state index contributed by atoms with van der Waals surface area (Å²) in [7, 11) is 0. The zero-order valence-electron chi connectivity index (χ0n) is 4.69. The molecule has 6 heteroatoms. The Hall–Kier alpha value is -0.920. The minimum absolute atomic E-state index is 0.254. The number of rotatable bonds is 1.